The van der Waals surface area contributed by atoms with E-state index >= 15 is 0 Å². The Balaban J connectivity index is 1.65. The van der Waals surface area contributed by atoms with Crippen LogP contribution in [-0.4, -0.2) is 29.1 Å². The van der Waals surface area contributed by atoms with Crippen LogP contribution in [-0.2, 0) is 0 Å². The summed E-state index contributed by atoms with van der Waals surface area (Å²) < 4.78 is 18.4. The van der Waals surface area contributed by atoms with Gasteiger partial charge in [-0.3, -0.25) is 0 Å². The van der Waals surface area contributed by atoms with Crippen LogP contribution in [0.15, 0.2) is 36.7 Å². The van der Waals surface area contributed by atoms with Crippen molar-refractivity contribution in [3.63, 3.8) is 0 Å². The summed E-state index contributed by atoms with van der Waals surface area (Å²) in [4.78, 5) is 10.7. The quantitative estimate of drug-likeness (QED) is 0.939. The molecule has 1 fully saturated rings. The molecule has 1 aliphatic heterocycles. The molecule has 0 aliphatic carbocycles. The normalized spacial score (nSPS) is 16.0. The van der Waals surface area contributed by atoms with Gasteiger partial charge in [-0.05, 0) is 37.1 Å². The fourth-order valence-corrected chi connectivity index (χ4v) is 2.26. The van der Waals surface area contributed by atoms with E-state index in [9.17, 15) is 4.39 Å². The van der Waals surface area contributed by atoms with E-state index in [4.69, 9.17) is 10.5 Å². The zero-order valence-electron chi connectivity index (χ0n) is 11.6. The van der Waals surface area contributed by atoms with Crippen LogP contribution >= 0.6 is 0 Å². The maximum Gasteiger partial charge on any atom is 0.225 e. The Morgan fingerprint density at radius 1 is 1.05 bits per heavy atom. The van der Waals surface area contributed by atoms with Crippen LogP contribution in [0.2, 0.25) is 0 Å². The van der Waals surface area contributed by atoms with Crippen LogP contribution in [0.1, 0.15) is 12.8 Å². The highest BCUT2D eigenvalue weighted by molar-refractivity contribution is 5.34. The van der Waals surface area contributed by atoms with E-state index < -0.39 is 0 Å². The van der Waals surface area contributed by atoms with Crippen molar-refractivity contribution in [2.24, 2.45) is 5.73 Å². The molecule has 0 unspecified atom stereocenters. The number of anilines is 1. The average Bonchev–Trinajstić information content (AvgIpc) is 2.51. The number of hydrogen-bond donors (Lipinski definition) is 1. The zero-order valence-corrected chi connectivity index (χ0v) is 11.6. The Bertz CT molecular complexity index is 580. The first kappa shape index (κ1) is 13.8. The first-order chi connectivity index (χ1) is 10.2. The molecule has 110 valence electrons. The minimum Gasteiger partial charge on any atom is -0.454 e. The van der Waals surface area contributed by atoms with Gasteiger partial charge in [0, 0.05) is 19.1 Å². The molecule has 0 atom stereocenters. The van der Waals surface area contributed by atoms with Crippen LogP contribution in [0.4, 0.5) is 10.3 Å². The van der Waals surface area contributed by atoms with Crippen molar-refractivity contribution in [1.82, 2.24) is 9.97 Å². The maximum atomic E-state index is 12.8. The van der Waals surface area contributed by atoms with E-state index in [1.165, 1.54) is 12.1 Å². The van der Waals surface area contributed by atoms with Crippen molar-refractivity contribution in [2.75, 3.05) is 18.0 Å². The van der Waals surface area contributed by atoms with Crippen LogP contribution in [0.25, 0.3) is 0 Å². The molecule has 2 aromatic rings. The van der Waals surface area contributed by atoms with Crippen LogP contribution < -0.4 is 15.4 Å². The molecule has 5 nitrogen and oxygen atoms in total. The van der Waals surface area contributed by atoms with Gasteiger partial charge in [0.15, 0.2) is 5.75 Å². The second-order valence-corrected chi connectivity index (χ2v) is 5.10. The number of halogens is 1. The van der Waals surface area contributed by atoms with E-state index in [2.05, 4.69) is 14.9 Å². The first-order valence-electron chi connectivity index (χ1n) is 6.97. The van der Waals surface area contributed by atoms with Gasteiger partial charge in [-0.25, -0.2) is 14.4 Å². The van der Waals surface area contributed by atoms with Gasteiger partial charge in [-0.2, -0.15) is 0 Å². The smallest absolute Gasteiger partial charge is 0.225 e. The lowest BCUT2D eigenvalue weighted by molar-refractivity contribution is 0.472. The molecular formula is C15H17FN4O. The van der Waals surface area contributed by atoms with Gasteiger partial charge in [-0.15, -0.1) is 0 Å². The number of nitrogens with two attached hydrogens (primary N) is 1. The number of aromatic nitrogens is 2. The summed E-state index contributed by atoms with van der Waals surface area (Å²) in [6, 6.07) is 6.11. The van der Waals surface area contributed by atoms with E-state index in [1.807, 2.05) is 0 Å². The van der Waals surface area contributed by atoms with Crippen molar-refractivity contribution >= 4 is 5.95 Å². The van der Waals surface area contributed by atoms with Crippen molar-refractivity contribution in [2.45, 2.75) is 18.9 Å². The van der Waals surface area contributed by atoms with E-state index in [0.29, 0.717) is 17.4 Å². The second kappa shape index (κ2) is 6.05. The minimum absolute atomic E-state index is 0.280. The Hall–Kier alpha value is -2.21. The fourth-order valence-electron chi connectivity index (χ4n) is 2.26. The first-order valence-corrected chi connectivity index (χ1v) is 6.97. The lowest BCUT2D eigenvalue weighted by atomic mass is 10.1. The molecule has 2 N–H and O–H groups in total. The highest BCUT2D eigenvalue weighted by atomic mass is 19.1. The van der Waals surface area contributed by atoms with E-state index in [0.717, 1.165) is 25.9 Å². The number of rotatable bonds is 3. The Morgan fingerprint density at radius 2 is 1.67 bits per heavy atom. The van der Waals surface area contributed by atoms with Gasteiger partial charge in [0.25, 0.3) is 0 Å². The SMILES string of the molecule is NC1CCN(c2ncc(Oc3ccc(F)cc3)cn2)CC1. The molecule has 0 bridgehead atoms. The van der Waals surface area contributed by atoms with Crippen molar-refractivity contribution in [3.05, 3.63) is 42.5 Å². The van der Waals surface area contributed by atoms with E-state index in [-0.39, 0.29) is 11.9 Å². The third-order valence-corrected chi connectivity index (χ3v) is 3.49. The largest absolute Gasteiger partial charge is 0.454 e. The van der Waals surface area contributed by atoms with Crippen LogP contribution in [0.3, 0.4) is 0 Å². The molecule has 0 saturated carbocycles. The van der Waals surface area contributed by atoms with Gasteiger partial charge in [0.05, 0.1) is 12.4 Å². The molecule has 0 spiro atoms. The Labute approximate surface area is 122 Å². The van der Waals surface area contributed by atoms with E-state index in [1.54, 1.807) is 24.5 Å². The van der Waals surface area contributed by atoms with Crippen molar-refractivity contribution < 1.29 is 9.13 Å². The number of hydrogen-bond acceptors (Lipinski definition) is 5. The van der Waals surface area contributed by atoms with Gasteiger partial charge < -0.3 is 15.4 Å². The molecule has 3 rings (SSSR count). The zero-order chi connectivity index (χ0) is 14.7. The third-order valence-electron chi connectivity index (χ3n) is 3.49. The van der Waals surface area contributed by atoms with Gasteiger partial charge in [0.1, 0.15) is 11.6 Å². The number of ether oxygens (including phenoxy) is 1. The lowest BCUT2D eigenvalue weighted by Gasteiger charge is -2.29. The van der Waals surface area contributed by atoms with Crippen LogP contribution in [0.5, 0.6) is 11.5 Å². The second-order valence-electron chi connectivity index (χ2n) is 5.10. The Morgan fingerprint density at radius 3 is 2.29 bits per heavy atom. The molecule has 0 amide bonds. The lowest BCUT2D eigenvalue weighted by Crippen LogP contribution is -2.40. The molecule has 1 saturated heterocycles. The minimum atomic E-state index is -0.294. The maximum absolute atomic E-state index is 12.8. The van der Waals surface area contributed by atoms with Crippen molar-refractivity contribution in [1.29, 1.82) is 0 Å². The van der Waals surface area contributed by atoms with Gasteiger partial charge >= 0.3 is 0 Å². The molecule has 6 heteroatoms. The highest BCUT2D eigenvalue weighted by Crippen LogP contribution is 2.22. The summed E-state index contributed by atoms with van der Waals surface area (Å²) >= 11 is 0. The summed E-state index contributed by atoms with van der Waals surface area (Å²) in [5.74, 6) is 1.47. The van der Waals surface area contributed by atoms with Gasteiger partial charge in [0.2, 0.25) is 5.95 Å². The molecule has 21 heavy (non-hydrogen) atoms. The summed E-state index contributed by atoms with van der Waals surface area (Å²) in [7, 11) is 0. The molecule has 1 aromatic carbocycles. The predicted molar refractivity (Wildman–Crippen MR) is 77.9 cm³/mol. The monoisotopic (exact) mass is 288 g/mol. The third kappa shape index (κ3) is 3.46. The summed E-state index contributed by atoms with van der Waals surface area (Å²) in [6.07, 6.45) is 5.16. The summed E-state index contributed by atoms with van der Waals surface area (Å²) in [6.45, 7) is 1.75. The van der Waals surface area contributed by atoms with Crippen molar-refractivity contribution in [3.8, 4) is 11.5 Å². The standard InChI is InChI=1S/C15H17FN4O/c16-11-1-3-13(4-2-11)21-14-9-18-15(19-10-14)20-7-5-12(17)6-8-20/h1-4,9-10,12H,5-8,17H2. The Kier molecular flexibility index (Phi) is 3.96. The molecule has 1 aliphatic rings. The van der Waals surface area contributed by atoms with Gasteiger partial charge in [-0.1, -0.05) is 0 Å². The molecular weight excluding hydrogens is 271 g/mol. The molecule has 0 radical (unpaired) electrons. The molecule has 1 aromatic heterocycles. The van der Waals surface area contributed by atoms with Crippen LogP contribution in [0, 0.1) is 5.82 Å². The summed E-state index contributed by atoms with van der Waals surface area (Å²) in [5.41, 5.74) is 5.88. The average molecular weight is 288 g/mol. The topological polar surface area (TPSA) is 64.3 Å². The number of benzene rings is 1. The molecule has 2 heterocycles. The summed E-state index contributed by atoms with van der Waals surface area (Å²) in [5, 5.41) is 0. The fraction of sp³-hybridized carbons (Fsp3) is 0.333. The predicted octanol–water partition coefficient (Wildman–Crippen LogP) is 2.34. The number of nitrogens with zero attached hydrogens (tertiary/aromatic N) is 3. The number of piperidine rings is 1. The highest BCUT2D eigenvalue weighted by Gasteiger charge is 2.18.